The normalized spacial score (nSPS) is 20.4. The number of hydrogen-bond acceptors (Lipinski definition) is 3. The minimum Gasteiger partial charge on any atom is -0.396 e. The highest BCUT2D eigenvalue weighted by Gasteiger charge is 2.25. The van der Waals surface area contributed by atoms with Crippen LogP contribution in [0.2, 0.25) is 0 Å². The van der Waals surface area contributed by atoms with Gasteiger partial charge in [-0.2, -0.15) is 0 Å². The first-order valence-electron chi connectivity index (χ1n) is 8.54. The first kappa shape index (κ1) is 18.4. The molecule has 0 bridgehead atoms. The maximum atomic E-state index is 12.8. The number of carbonyl (C=O) groups excluding carboxylic acids is 2. The largest absolute Gasteiger partial charge is 0.396 e. The Hall–Kier alpha value is -1.95. The molecule has 24 heavy (non-hydrogen) atoms. The van der Waals surface area contributed by atoms with Gasteiger partial charge in [-0.25, -0.2) is 4.39 Å². The third-order valence-corrected chi connectivity index (χ3v) is 4.46. The van der Waals surface area contributed by atoms with Crippen molar-refractivity contribution < 1.29 is 19.1 Å². The maximum Gasteiger partial charge on any atom is 0.251 e. The molecule has 0 spiro atoms. The van der Waals surface area contributed by atoms with Crippen LogP contribution in [0.4, 0.5) is 4.39 Å². The van der Waals surface area contributed by atoms with Crippen molar-refractivity contribution in [3.63, 3.8) is 0 Å². The minimum atomic E-state index is -0.382. The van der Waals surface area contributed by atoms with Crippen LogP contribution in [0.3, 0.4) is 0 Å². The van der Waals surface area contributed by atoms with E-state index in [0.29, 0.717) is 24.9 Å². The fourth-order valence-corrected chi connectivity index (χ4v) is 3.05. The number of hydrogen-bond donors (Lipinski definition) is 3. The first-order chi connectivity index (χ1) is 11.6. The summed E-state index contributed by atoms with van der Waals surface area (Å²) in [5, 5.41) is 15.1. The van der Waals surface area contributed by atoms with Crippen molar-refractivity contribution >= 4 is 11.8 Å². The van der Waals surface area contributed by atoms with Crippen LogP contribution in [-0.2, 0) is 4.79 Å². The second kappa shape index (κ2) is 9.37. The van der Waals surface area contributed by atoms with Crippen molar-refractivity contribution in [1.29, 1.82) is 0 Å². The van der Waals surface area contributed by atoms with Crippen molar-refractivity contribution in [2.24, 2.45) is 5.92 Å². The summed E-state index contributed by atoms with van der Waals surface area (Å²) in [5.74, 6) is -0.549. The summed E-state index contributed by atoms with van der Waals surface area (Å²) in [6.07, 6.45) is 4.92. The molecule has 2 unspecified atom stereocenters. The van der Waals surface area contributed by atoms with E-state index in [4.69, 9.17) is 0 Å². The highest BCUT2D eigenvalue weighted by atomic mass is 19.1. The molecule has 1 aromatic rings. The Morgan fingerprint density at radius 2 is 1.88 bits per heavy atom. The SMILES string of the molecule is O=C(CCCNC(=O)c1ccc(F)cc1)NC1CCCCC1CO. The molecule has 5 nitrogen and oxygen atoms in total. The van der Waals surface area contributed by atoms with E-state index in [1.165, 1.54) is 24.3 Å². The van der Waals surface area contributed by atoms with Gasteiger partial charge in [-0.15, -0.1) is 0 Å². The summed E-state index contributed by atoms with van der Waals surface area (Å²) in [7, 11) is 0. The molecule has 1 saturated carbocycles. The van der Waals surface area contributed by atoms with Crippen LogP contribution >= 0.6 is 0 Å². The Morgan fingerprint density at radius 3 is 2.58 bits per heavy atom. The van der Waals surface area contributed by atoms with Crippen LogP contribution in [0.25, 0.3) is 0 Å². The second-order valence-corrected chi connectivity index (χ2v) is 6.27. The van der Waals surface area contributed by atoms with Gasteiger partial charge >= 0.3 is 0 Å². The van der Waals surface area contributed by atoms with Gasteiger partial charge in [0.05, 0.1) is 0 Å². The average molecular weight is 336 g/mol. The van der Waals surface area contributed by atoms with Gasteiger partial charge in [0.25, 0.3) is 5.91 Å². The molecule has 2 amide bonds. The molecular weight excluding hydrogens is 311 g/mol. The van der Waals surface area contributed by atoms with Crippen molar-refractivity contribution in [2.45, 2.75) is 44.6 Å². The zero-order valence-electron chi connectivity index (χ0n) is 13.8. The van der Waals surface area contributed by atoms with E-state index in [0.717, 1.165) is 25.7 Å². The lowest BCUT2D eigenvalue weighted by Gasteiger charge is -2.30. The molecule has 1 fully saturated rings. The molecule has 0 saturated heterocycles. The van der Waals surface area contributed by atoms with Gasteiger partial charge in [0.1, 0.15) is 5.82 Å². The summed E-state index contributed by atoms with van der Waals surface area (Å²) in [6.45, 7) is 0.496. The van der Waals surface area contributed by atoms with Crippen LogP contribution in [0.5, 0.6) is 0 Å². The van der Waals surface area contributed by atoms with Gasteiger partial charge in [-0.3, -0.25) is 9.59 Å². The lowest BCUT2D eigenvalue weighted by molar-refractivity contribution is -0.122. The number of halogens is 1. The molecule has 0 aliphatic heterocycles. The van der Waals surface area contributed by atoms with Gasteiger partial charge in [0.2, 0.25) is 5.91 Å². The summed E-state index contributed by atoms with van der Waals surface area (Å²) in [6, 6.07) is 5.39. The molecule has 2 rings (SSSR count). The van der Waals surface area contributed by atoms with E-state index < -0.39 is 0 Å². The number of rotatable bonds is 7. The van der Waals surface area contributed by atoms with Crippen LogP contribution in [0, 0.1) is 11.7 Å². The highest BCUT2D eigenvalue weighted by molar-refractivity contribution is 5.94. The second-order valence-electron chi connectivity index (χ2n) is 6.27. The summed E-state index contributed by atoms with van der Waals surface area (Å²) in [4.78, 5) is 23.8. The molecule has 1 aliphatic rings. The van der Waals surface area contributed by atoms with Crippen molar-refractivity contribution in [2.75, 3.05) is 13.2 Å². The maximum absolute atomic E-state index is 12.8. The number of amides is 2. The number of carbonyl (C=O) groups is 2. The Balaban J connectivity index is 1.65. The number of aliphatic hydroxyl groups is 1. The van der Waals surface area contributed by atoms with E-state index in [1.54, 1.807) is 0 Å². The predicted octanol–water partition coefficient (Wildman–Crippen LogP) is 2.00. The Morgan fingerprint density at radius 1 is 1.17 bits per heavy atom. The summed E-state index contributed by atoms with van der Waals surface area (Å²) < 4.78 is 12.8. The van der Waals surface area contributed by atoms with Gasteiger partial charge in [-0.05, 0) is 43.5 Å². The molecule has 1 aliphatic carbocycles. The number of nitrogens with one attached hydrogen (secondary N) is 2. The smallest absolute Gasteiger partial charge is 0.251 e. The zero-order valence-corrected chi connectivity index (χ0v) is 13.8. The molecule has 132 valence electrons. The van der Waals surface area contributed by atoms with E-state index >= 15 is 0 Å². The summed E-state index contributed by atoms with van der Waals surface area (Å²) in [5.41, 5.74) is 0.397. The third-order valence-electron chi connectivity index (χ3n) is 4.46. The van der Waals surface area contributed by atoms with E-state index in [-0.39, 0.29) is 36.2 Å². The number of benzene rings is 1. The fraction of sp³-hybridized carbons (Fsp3) is 0.556. The Labute approximate surface area is 141 Å². The molecule has 1 aromatic carbocycles. The molecule has 0 heterocycles. The summed E-state index contributed by atoms with van der Waals surface area (Å²) >= 11 is 0. The topological polar surface area (TPSA) is 78.4 Å². The fourth-order valence-electron chi connectivity index (χ4n) is 3.05. The molecule has 2 atom stereocenters. The van der Waals surface area contributed by atoms with Crippen molar-refractivity contribution in [3.05, 3.63) is 35.6 Å². The third kappa shape index (κ3) is 5.60. The molecule has 0 aromatic heterocycles. The van der Waals surface area contributed by atoms with Gasteiger partial charge in [0, 0.05) is 37.1 Å². The van der Waals surface area contributed by atoms with Crippen LogP contribution in [0.15, 0.2) is 24.3 Å². The molecule has 3 N–H and O–H groups in total. The van der Waals surface area contributed by atoms with E-state index in [2.05, 4.69) is 10.6 Å². The quantitative estimate of drug-likeness (QED) is 0.667. The van der Waals surface area contributed by atoms with Gasteiger partial charge in [-0.1, -0.05) is 12.8 Å². The molecular formula is C18H25FN2O3. The zero-order chi connectivity index (χ0) is 17.4. The van der Waals surface area contributed by atoms with Crippen LogP contribution < -0.4 is 10.6 Å². The number of aliphatic hydroxyl groups excluding tert-OH is 1. The highest BCUT2D eigenvalue weighted by Crippen LogP contribution is 2.23. The monoisotopic (exact) mass is 336 g/mol. The van der Waals surface area contributed by atoms with Gasteiger partial charge in [0.15, 0.2) is 0 Å². The average Bonchev–Trinajstić information content (AvgIpc) is 2.59. The van der Waals surface area contributed by atoms with Gasteiger partial charge < -0.3 is 15.7 Å². The first-order valence-corrected chi connectivity index (χ1v) is 8.54. The van der Waals surface area contributed by atoms with E-state index in [9.17, 15) is 19.1 Å². The molecule has 6 heteroatoms. The lowest BCUT2D eigenvalue weighted by Crippen LogP contribution is -2.43. The Kier molecular flexibility index (Phi) is 7.18. The van der Waals surface area contributed by atoms with Crippen molar-refractivity contribution in [3.8, 4) is 0 Å². The van der Waals surface area contributed by atoms with E-state index in [1.807, 2.05) is 0 Å². The minimum absolute atomic E-state index is 0.0450. The molecule has 0 radical (unpaired) electrons. The standard InChI is InChI=1S/C18H25FN2O3/c19-15-9-7-13(8-10-15)18(24)20-11-3-6-17(23)21-16-5-2-1-4-14(16)12-22/h7-10,14,16,22H,1-6,11-12H2,(H,20,24)(H,21,23). The van der Waals surface area contributed by atoms with Crippen LogP contribution in [0.1, 0.15) is 48.9 Å². The Bertz CT molecular complexity index is 548. The van der Waals surface area contributed by atoms with Crippen molar-refractivity contribution in [1.82, 2.24) is 10.6 Å². The lowest BCUT2D eigenvalue weighted by atomic mass is 9.85. The van der Waals surface area contributed by atoms with Crippen LogP contribution in [-0.4, -0.2) is 36.1 Å². The predicted molar refractivity (Wildman–Crippen MR) is 88.9 cm³/mol.